The fraction of sp³-hybridized carbons (Fsp3) is 0.562. The first-order valence-electron chi connectivity index (χ1n) is 8.07. The van der Waals surface area contributed by atoms with Crippen molar-refractivity contribution in [3.05, 3.63) is 16.8 Å². The molecule has 0 aromatic carbocycles. The van der Waals surface area contributed by atoms with Crippen LogP contribution in [0.15, 0.2) is 6.33 Å². The van der Waals surface area contributed by atoms with E-state index in [1.54, 1.807) is 17.7 Å². The molecule has 0 saturated heterocycles. The summed E-state index contributed by atoms with van der Waals surface area (Å²) in [6.45, 7) is 11.0. The van der Waals surface area contributed by atoms with Crippen molar-refractivity contribution in [2.45, 2.75) is 46.3 Å². The standard InChI is InChI=1S/C16H21N5OS/c1-5-20(6-2)15-19-14-12(13-17-9-18-21(13)15)10-7-16(3,4)22-8-11(10)23-14/h9H,5-8H2,1-4H3. The van der Waals surface area contributed by atoms with Crippen LogP contribution < -0.4 is 4.90 Å². The molecule has 0 spiro atoms. The number of aromatic nitrogens is 4. The molecule has 0 N–H and O–H groups in total. The predicted molar refractivity (Wildman–Crippen MR) is 92.3 cm³/mol. The maximum atomic E-state index is 5.96. The van der Waals surface area contributed by atoms with Gasteiger partial charge in [-0.05, 0) is 33.3 Å². The monoisotopic (exact) mass is 331 g/mol. The van der Waals surface area contributed by atoms with E-state index in [-0.39, 0.29) is 5.60 Å². The van der Waals surface area contributed by atoms with E-state index in [1.165, 1.54) is 10.4 Å². The summed E-state index contributed by atoms with van der Waals surface area (Å²) in [5, 5.41) is 5.57. The van der Waals surface area contributed by atoms with Crippen LogP contribution in [0.4, 0.5) is 5.95 Å². The van der Waals surface area contributed by atoms with Gasteiger partial charge in [0.05, 0.1) is 17.6 Å². The van der Waals surface area contributed by atoms with Crippen molar-refractivity contribution in [3.63, 3.8) is 0 Å². The van der Waals surface area contributed by atoms with Crippen molar-refractivity contribution in [2.75, 3.05) is 18.0 Å². The number of fused-ring (bicyclic) bond motifs is 5. The van der Waals surface area contributed by atoms with E-state index in [9.17, 15) is 0 Å². The molecule has 1 aliphatic heterocycles. The summed E-state index contributed by atoms with van der Waals surface area (Å²) >= 11 is 1.73. The fourth-order valence-electron chi connectivity index (χ4n) is 3.26. The Morgan fingerprint density at radius 2 is 2.13 bits per heavy atom. The molecule has 0 aliphatic carbocycles. The van der Waals surface area contributed by atoms with Crippen molar-refractivity contribution >= 4 is 33.1 Å². The van der Waals surface area contributed by atoms with Crippen molar-refractivity contribution in [2.24, 2.45) is 0 Å². The summed E-state index contributed by atoms with van der Waals surface area (Å²) in [5.41, 5.74) is 2.10. The van der Waals surface area contributed by atoms with Crippen LogP contribution in [-0.4, -0.2) is 38.3 Å². The molecule has 0 saturated carbocycles. The van der Waals surface area contributed by atoms with Crippen LogP contribution in [0.5, 0.6) is 0 Å². The highest BCUT2D eigenvalue weighted by molar-refractivity contribution is 7.19. The normalized spacial score (nSPS) is 16.9. The second-order valence-electron chi connectivity index (χ2n) is 6.49. The van der Waals surface area contributed by atoms with Crippen molar-refractivity contribution in [1.29, 1.82) is 0 Å². The lowest BCUT2D eigenvalue weighted by molar-refractivity contribution is -0.0379. The highest BCUT2D eigenvalue weighted by atomic mass is 32.1. The third kappa shape index (κ3) is 2.21. The van der Waals surface area contributed by atoms with Gasteiger partial charge in [0.1, 0.15) is 11.2 Å². The molecule has 0 radical (unpaired) electrons. The summed E-state index contributed by atoms with van der Waals surface area (Å²) in [6.07, 6.45) is 2.51. The molecular weight excluding hydrogens is 310 g/mol. The zero-order valence-electron chi connectivity index (χ0n) is 14.0. The van der Waals surface area contributed by atoms with E-state index >= 15 is 0 Å². The highest BCUT2D eigenvalue weighted by Gasteiger charge is 2.31. The second kappa shape index (κ2) is 5.14. The molecule has 1 aliphatic rings. The molecule has 0 unspecified atom stereocenters. The molecule has 23 heavy (non-hydrogen) atoms. The Labute approximate surface area is 139 Å². The van der Waals surface area contributed by atoms with E-state index in [1.807, 2.05) is 4.52 Å². The summed E-state index contributed by atoms with van der Waals surface area (Å²) in [5.74, 6) is 0.869. The number of rotatable bonds is 3. The maximum absolute atomic E-state index is 5.96. The van der Waals surface area contributed by atoms with Crippen molar-refractivity contribution in [3.8, 4) is 0 Å². The van der Waals surface area contributed by atoms with Crippen molar-refractivity contribution < 1.29 is 4.74 Å². The van der Waals surface area contributed by atoms with Gasteiger partial charge in [-0.1, -0.05) is 0 Å². The van der Waals surface area contributed by atoms with Gasteiger partial charge >= 0.3 is 0 Å². The van der Waals surface area contributed by atoms with Gasteiger partial charge in [-0.3, -0.25) is 0 Å². The lowest BCUT2D eigenvalue weighted by Gasteiger charge is -2.30. The van der Waals surface area contributed by atoms with Gasteiger partial charge in [0.2, 0.25) is 5.95 Å². The van der Waals surface area contributed by atoms with Gasteiger partial charge < -0.3 is 9.64 Å². The molecule has 4 rings (SSSR count). The molecule has 3 aromatic heterocycles. The lowest BCUT2D eigenvalue weighted by atomic mass is 9.94. The minimum absolute atomic E-state index is 0.143. The summed E-state index contributed by atoms with van der Waals surface area (Å²) in [7, 11) is 0. The maximum Gasteiger partial charge on any atom is 0.229 e. The SMILES string of the molecule is CCN(CC)c1nc2sc3c(c2c2ncnn12)CC(C)(C)OC3. The average molecular weight is 331 g/mol. The molecule has 0 fully saturated rings. The molecule has 4 heterocycles. The Morgan fingerprint density at radius 3 is 2.87 bits per heavy atom. The molecule has 122 valence electrons. The topological polar surface area (TPSA) is 55.6 Å². The van der Waals surface area contributed by atoms with Gasteiger partial charge in [-0.25, -0.2) is 9.97 Å². The Hall–Kier alpha value is -1.73. The number of hydrogen-bond donors (Lipinski definition) is 0. The molecule has 6 nitrogen and oxygen atoms in total. The second-order valence-corrected chi connectivity index (χ2v) is 7.57. The molecule has 3 aromatic rings. The number of thiophene rings is 1. The van der Waals surface area contributed by atoms with Crippen LogP contribution in [0.1, 0.15) is 38.1 Å². The van der Waals surface area contributed by atoms with Crippen LogP contribution in [0.3, 0.4) is 0 Å². The number of nitrogens with zero attached hydrogens (tertiary/aromatic N) is 5. The van der Waals surface area contributed by atoms with E-state index in [0.717, 1.165) is 41.3 Å². The smallest absolute Gasteiger partial charge is 0.229 e. The van der Waals surface area contributed by atoms with Crippen LogP contribution in [-0.2, 0) is 17.8 Å². The molecule has 0 bridgehead atoms. The van der Waals surface area contributed by atoms with E-state index < -0.39 is 0 Å². The van der Waals surface area contributed by atoms with Crippen LogP contribution in [0.2, 0.25) is 0 Å². The Balaban J connectivity index is 2.02. The Bertz CT molecular complexity index is 877. The number of anilines is 1. The van der Waals surface area contributed by atoms with E-state index in [0.29, 0.717) is 6.61 Å². The fourth-order valence-corrected chi connectivity index (χ4v) is 4.35. The zero-order valence-corrected chi connectivity index (χ0v) is 14.8. The third-order valence-corrected chi connectivity index (χ3v) is 5.58. The van der Waals surface area contributed by atoms with E-state index in [4.69, 9.17) is 9.72 Å². The first-order chi connectivity index (χ1) is 11.0. The number of hydrogen-bond acceptors (Lipinski definition) is 6. The minimum Gasteiger partial charge on any atom is -0.370 e. The first-order valence-corrected chi connectivity index (χ1v) is 8.88. The molecular formula is C16H21N5OS. The minimum atomic E-state index is -0.143. The predicted octanol–water partition coefficient (Wildman–Crippen LogP) is 3.04. The third-order valence-electron chi connectivity index (χ3n) is 4.48. The van der Waals surface area contributed by atoms with Crippen molar-refractivity contribution in [1.82, 2.24) is 19.6 Å². The van der Waals surface area contributed by atoms with Crippen LogP contribution >= 0.6 is 11.3 Å². The van der Waals surface area contributed by atoms with Crippen LogP contribution in [0, 0.1) is 0 Å². The molecule has 7 heteroatoms. The first kappa shape index (κ1) is 14.8. The largest absolute Gasteiger partial charge is 0.370 e. The lowest BCUT2D eigenvalue weighted by Crippen LogP contribution is -2.31. The average Bonchev–Trinajstić information content (AvgIpc) is 3.11. The Morgan fingerprint density at radius 1 is 1.35 bits per heavy atom. The van der Waals surface area contributed by atoms with Gasteiger partial charge in [-0.2, -0.15) is 9.61 Å². The van der Waals surface area contributed by atoms with Gasteiger partial charge in [-0.15, -0.1) is 11.3 Å². The summed E-state index contributed by atoms with van der Waals surface area (Å²) in [6, 6.07) is 0. The highest BCUT2D eigenvalue weighted by Crippen LogP contribution is 2.40. The molecule has 0 atom stereocenters. The summed E-state index contributed by atoms with van der Waals surface area (Å²) in [4.78, 5) is 14.0. The van der Waals surface area contributed by atoms with Crippen LogP contribution in [0.25, 0.3) is 15.9 Å². The zero-order chi connectivity index (χ0) is 16.2. The van der Waals surface area contributed by atoms with Gasteiger partial charge in [0.25, 0.3) is 0 Å². The number of ether oxygens (including phenoxy) is 1. The summed E-state index contributed by atoms with van der Waals surface area (Å²) < 4.78 is 7.84. The molecule has 0 amide bonds. The Kier molecular flexibility index (Phi) is 3.32. The van der Waals surface area contributed by atoms with E-state index in [2.05, 4.69) is 42.7 Å². The van der Waals surface area contributed by atoms with Gasteiger partial charge in [0.15, 0.2) is 5.65 Å². The van der Waals surface area contributed by atoms with Gasteiger partial charge in [0, 0.05) is 24.4 Å². The quantitative estimate of drug-likeness (QED) is 0.738.